The van der Waals surface area contributed by atoms with Crippen molar-refractivity contribution in [1.29, 1.82) is 0 Å². The van der Waals surface area contributed by atoms with E-state index >= 15 is 0 Å². The quantitative estimate of drug-likeness (QED) is 0.917. The van der Waals surface area contributed by atoms with Gasteiger partial charge in [0, 0.05) is 12.1 Å². The molecule has 0 amide bonds. The van der Waals surface area contributed by atoms with E-state index in [0.717, 1.165) is 11.1 Å². The van der Waals surface area contributed by atoms with Crippen molar-refractivity contribution in [2.45, 2.75) is 12.8 Å². The molecular weight excluding hydrogens is 238 g/mol. The minimum absolute atomic E-state index is 0.200. The summed E-state index contributed by atoms with van der Waals surface area (Å²) >= 11 is 0. The minimum atomic E-state index is -0.200. The lowest BCUT2D eigenvalue weighted by Gasteiger charge is -2.10. The maximum absolute atomic E-state index is 5.60. The van der Waals surface area contributed by atoms with Crippen LogP contribution in [-0.2, 0) is 16.0 Å². The number of ether oxygens (including phenoxy) is 2. The second kappa shape index (κ2) is 5.53. The van der Waals surface area contributed by atoms with Gasteiger partial charge in [0.05, 0.1) is 13.2 Å². The maximum atomic E-state index is 5.60. The Hall–Kier alpha value is -1.68. The third-order valence-electron chi connectivity index (χ3n) is 3.33. The Kier molecular flexibility index (Phi) is 3.60. The predicted octanol–water partition coefficient (Wildman–Crippen LogP) is 2.86. The number of hydrogen-bond donors (Lipinski definition) is 1. The highest BCUT2D eigenvalue weighted by Gasteiger charge is 2.17. The first kappa shape index (κ1) is 12.4. The zero-order valence-electron chi connectivity index (χ0n) is 10.7. The van der Waals surface area contributed by atoms with Crippen LogP contribution in [0.3, 0.4) is 0 Å². The molecule has 1 saturated heterocycles. The molecule has 19 heavy (non-hydrogen) atoms. The zero-order valence-corrected chi connectivity index (χ0v) is 10.7. The molecule has 98 valence electrons. The van der Waals surface area contributed by atoms with E-state index in [2.05, 4.69) is 48.5 Å². The van der Waals surface area contributed by atoms with Gasteiger partial charge in [0.15, 0.2) is 6.29 Å². The van der Waals surface area contributed by atoms with Crippen LogP contribution in [0.4, 0.5) is 0 Å². The van der Waals surface area contributed by atoms with E-state index in [0.29, 0.717) is 19.8 Å². The van der Waals surface area contributed by atoms with Gasteiger partial charge in [-0.15, -0.1) is 0 Å². The molecule has 2 N–H and O–H groups in total. The molecule has 1 heterocycles. The van der Waals surface area contributed by atoms with Crippen molar-refractivity contribution in [2.75, 3.05) is 13.2 Å². The topological polar surface area (TPSA) is 44.5 Å². The molecule has 0 spiro atoms. The van der Waals surface area contributed by atoms with Crippen molar-refractivity contribution >= 4 is 0 Å². The number of nitrogens with two attached hydrogens (primary N) is 1. The normalized spacial score (nSPS) is 15.8. The van der Waals surface area contributed by atoms with Gasteiger partial charge in [-0.3, -0.25) is 0 Å². The first-order valence-corrected chi connectivity index (χ1v) is 6.49. The Morgan fingerprint density at radius 2 is 1.37 bits per heavy atom. The Morgan fingerprint density at radius 1 is 0.842 bits per heavy atom. The molecule has 0 radical (unpaired) electrons. The van der Waals surface area contributed by atoms with Crippen molar-refractivity contribution in [3.05, 3.63) is 59.7 Å². The van der Waals surface area contributed by atoms with Gasteiger partial charge in [0.2, 0.25) is 0 Å². The van der Waals surface area contributed by atoms with E-state index in [1.165, 1.54) is 11.1 Å². The van der Waals surface area contributed by atoms with Gasteiger partial charge < -0.3 is 15.2 Å². The van der Waals surface area contributed by atoms with Crippen LogP contribution in [0, 0.1) is 0 Å². The van der Waals surface area contributed by atoms with Crippen molar-refractivity contribution in [2.24, 2.45) is 5.73 Å². The fraction of sp³-hybridized carbons (Fsp3) is 0.250. The van der Waals surface area contributed by atoms with Gasteiger partial charge in [-0.25, -0.2) is 0 Å². The summed E-state index contributed by atoms with van der Waals surface area (Å²) < 4.78 is 11.0. The average molecular weight is 255 g/mol. The molecule has 0 bridgehead atoms. The largest absolute Gasteiger partial charge is 0.346 e. The Labute approximate surface area is 113 Å². The van der Waals surface area contributed by atoms with Gasteiger partial charge >= 0.3 is 0 Å². The van der Waals surface area contributed by atoms with Crippen LogP contribution < -0.4 is 5.73 Å². The third kappa shape index (κ3) is 2.68. The van der Waals surface area contributed by atoms with Crippen LogP contribution >= 0.6 is 0 Å². The van der Waals surface area contributed by atoms with Gasteiger partial charge in [0.25, 0.3) is 0 Å². The van der Waals surface area contributed by atoms with E-state index in [1.54, 1.807) is 0 Å². The van der Waals surface area contributed by atoms with Gasteiger partial charge in [-0.2, -0.15) is 0 Å². The second-order valence-corrected chi connectivity index (χ2v) is 4.60. The Morgan fingerprint density at radius 3 is 1.89 bits per heavy atom. The average Bonchev–Trinajstić information content (AvgIpc) is 3.02. The van der Waals surface area contributed by atoms with E-state index < -0.39 is 0 Å². The molecule has 2 aromatic carbocycles. The third-order valence-corrected chi connectivity index (χ3v) is 3.33. The van der Waals surface area contributed by atoms with Crippen LogP contribution in [0.15, 0.2) is 48.5 Å². The van der Waals surface area contributed by atoms with E-state index in [9.17, 15) is 0 Å². The summed E-state index contributed by atoms with van der Waals surface area (Å²) in [6.07, 6.45) is -0.200. The summed E-state index contributed by atoms with van der Waals surface area (Å²) in [6.45, 7) is 1.93. The highest BCUT2D eigenvalue weighted by molar-refractivity contribution is 5.64. The van der Waals surface area contributed by atoms with Gasteiger partial charge in [-0.05, 0) is 16.7 Å². The second-order valence-electron chi connectivity index (χ2n) is 4.60. The molecule has 3 rings (SSSR count). The first-order chi connectivity index (χ1) is 9.36. The highest BCUT2D eigenvalue weighted by Crippen LogP contribution is 2.26. The van der Waals surface area contributed by atoms with E-state index in [1.807, 2.05) is 0 Å². The number of benzene rings is 2. The van der Waals surface area contributed by atoms with Gasteiger partial charge in [0.1, 0.15) is 0 Å². The molecule has 0 aliphatic carbocycles. The Balaban J connectivity index is 1.80. The minimum Gasteiger partial charge on any atom is -0.346 e. The molecule has 1 aliphatic rings. The summed E-state index contributed by atoms with van der Waals surface area (Å²) in [5.74, 6) is 0. The van der Waals surface area contributed by atoms with Crippen molar-refractivity contribution in [1.82, 2.24) is 0 Å². The molecule has 0 atom stereocenters. The smallest absolute Gasteiger partial charge is 0.184 e. The lowest BCUT2D eigenvalue weighted by molar-refractivity contribution is -0.0441. The lowest BCUT2D eigenvalue weighted by Crippen LogP contribution is -1.97. The van der Waals surface area contributed by atoms with E-state index in [-0.39, 0.29) is 6.29 Å². The van der Waals surface area contributed by atoms with Crippen LogP contribution in [0.5, 0.6) is 0 Å². The molecule has 0 saturated carbocycles. The predicted molar refractivity (Wildman–Crippen MR) is 74.4 cm³/mol. The standard InChI is InChI=1S/C16H17NO2/c17-11-12-1-3-13(4-2-12)14-5-7-15(8-6-14)16-18-9-10-19-16/h1-8,16H,9-11,17H2. The highest BCUT2D eigenvalue weighted by atomic mass is 16.7. The van der Waals surface area contributed by atoms with Crippen LogP contribution in [0.1, 0.15) is 17.4 Å². The van der Waals surface area contributed by atoms with Crippen molar-refractivity contribution < 1.29 is 9.47 Å². The molecule has 1 aliphatic heterocycles. The molecular formula is C16H17NO2. The summed E-state index contributed by atoms with van der Waals surface area (Å²) in [5, 5.41) is 0. The zero-order chi connectivity index (χ0) is 13.1. The maximum Gasteiger partial charge on any atom is 0.184 e. The van der Waals surface area contributed by atoms with Crippen LogP contribution in [0.25, 0.3) is 11.1 Å². The first-order valence-electron chi connectivity index (χ1n) is 6.49. The molecule has 0 unspecified atom stereocenters. The van der Waals surface area contributed by atoms with Crippen LogP contribution in [0.2, 0.25) is 0 Å². The molecule has 1 fully saturated rings. The number of hydrogen-bond acceptors (Lipinski definition) is 3. The Bertz CT molecular complexity index is 528. The summed E-state index contributed by atoms with van der Waals surface area (Å²) in [4.78, 5) is 0. The summed E-state index contributed by atoms with van der Waals surface area (Å²) in [7, 11) is 0. The number of rotatable bonds is 3. The van der Waals surface area contributed by atoms with Crippen molar-refractivity contribution in [3.63, 3.8) is 0 Å². The lowest BCUT2D eigenvalue weighted by atomic mass is 10.0. The molecule has 2 aromatic rings. The van der Waals surface area contributed by atoms with Crippen molar-refractivity contribution in [3.8, 4) is 11.1 Å². The summed E-state index contributed by atoms with van der Waals surface area (Å²) in [5.41, 5.74) is 10.2. The van der Waals surface area contributed by atoms with Gasteiger partial charge in [-0.1, -0.05) is 48.5 Å². The monoisotopic (exact) mass is 255 g/mol. The van der Waals surface area contributed by atoms with Crippen LogP contribution in [-0.4, -0.2) is 13.2 Å². The van der Waals surface area contributed by atoms with E-state index in [4.69, 9.17) is 15.2 Å². The molecule has 3 heteroatoms. The molecule has 0 aromatic heterocycles. The fourth-order valence-corrected chi connectivity index (χ4v) is 2.22. The summed E-state index contributed by atoms with van der Waals surface area (Å²) in [6, 6.07) is 16.6. The fourth-order valence-electron chi connectivity index (χ4n) is 2.22. The SMILES string of the molecule is NCc1ccc(-c2ccc(C3OCCO3)cc2)cc1. The molecule has 3 nitrogen and oxygen atoms in total.